The highest BCUT2D eigenvalue weighted by molar-refractivity contribution is 7.89. The Morgan fingerprint density at radius 2 is 1.38 bits per heavy atom. The Balaban J connectivity index is 2.17. The molecule has 1 rings (SSSR count). The normalized spacial score (nSPS) is 11.8. The van der Waals surface area contributed by atoms with Crippen molar-refractivity contribution in [1.82, 2.24) is 15.4 Å². The van der Waals surface area contributed by atoms with Gasteiger partial charge in [0.1, 0.15) is 4.90 Å². The number of hydrogen-bond donors (Lipinski definition) is 4. The van der Waals surface area contributed by atoms with Crippen LogP contribution in [-0.4, -0.2) is 47.7 Å². The lowest BCUT2D eigenvalue weighted by molar-refractivity contribution is 0.558. The van der Waals surface area contributed by atoms with Gasteiger partial charge in [-0.2, -0.15) is 0 Å². The van der Waals surface area contributed by atoms with Gasteiger partial charge in [0.25, 0.3) is 0 Å². The zero-order valence-electron chi connectivity index (χ0n) is 14.7. The topological polar surface area (TPSA) is 96.2 Å². The van der Waals surface area contributed by atoms with Gasteiger partial charge in [-0.3, -0.25) is 0 Å². The van der Waals surface area contributed by atoms with Crippen molar-refractivity contribution in [2.45, 2.75) is 30.6 Å². The molecule has 0 unspecified atom stereocenters. The summed E-state index contributed by atoms with van der Waals surface area (Å²) in [5.74, 6) is 0. The van der Waals surface area contributed by atoms with E-state index in [2.05, 4.69) is 15.4 Å². The van der Waals surface area contributed by atoms with Crippen LogP contribution >= 0.6 is 34.8 Å². The molecule has 1 aromatic rings. The second kappa shape index (κ2) is 13.1. The summed E-state index contributed by atoms with van der Waals surface area (Å²) in [4.78, 5) is -0.0661. The van der Waals surface area contributed by atoms with Gasteiger partial charge in [0, 0.05) is 6.54 Å². The van der Waals surface area contributed by atoms with E-state index < -0.39 is 10.0 Å². The molecule has 0 aliphatic carbocycles. The summed E-state index contributed by atoms with van der Waals surface area (Å²) in [7, 11) is -3.71. The Kier molecular flexibility index (Phi) is 12.1. The summed E-state index contributed by atoms with van der Waals surface area (Å²) in [6.45, 7) is 4.63. The molecule has 0 atom stereocenters. The molecule has 0 aromatic heterocycles. The van der Waals surface area contributed by atoms with Crippen molar-refractivity contribution >= 4 is 44.8 Å². The van der Waals surface area contributed by atoms with Gasteiger partial charge < -0.3 is 16.4 Å². The molecule has 10 heteroatoms. The van der Waals surface area contributed by atoms with Gasteiger partial charge in [-0.05, 0) is 70.5 Å². The predicted octanol–water partition coefficient (Wildman–Crippen LogP) is 2.62. The second-order valence-corrected chi connectivity index (χ2v) is 8.67. The SMILES string of the molecule is NCCCNCCCCNCCCNS(=O)(=O)c1ccc(Cl)c(Cl)c1Cl. The zero-order chi connectivity index (χ0) is 19.4. The van der Waals surface area contributed by atoms with Crippen molar-refractivity contribution in [2.75, 3.05) is 39.3 Å². The van der Waals surface area contributed by atoms with Crippen molar-refractivity contribution in [3.05, 3.63) is 27.2 Å². The van der Waals surface area contributed by atoms with E-state index in [0.29, 0.717) is 13.0 Å². The Labute approximate surface area is 171 Å². The van der Waals surface area contributed by atoms with E-state index in [9.17, 15) is 8.42 Å². The standard InChI is InChI=1S/C16H27Cl3N4O2S/c17-13-5-6-14(16(19)15(13)18)26(24,25)23-12-4-11-22-9-2-1-8-21-10-3-7-20/h5-6,21-23H,1-4,7-12,20H2. The largest absolute Gasteiger partial charge is 0.330 e. The third-order valence-electron chi connectivity index (χ3n) is 3.63. The molecule has 6 nitrogen and oxygen atoms in total. The fraction of sp³-hybridized carbons (Fsp3) is 0.625. The molecule has 0 aliphatic heterocycles. The van der Waals surface area contributed by atoms with E-state index in [1.807, 2.05) is 0 Å². The maximum atomic E-state index is 12.3. The molecular formula is C16H27Cl3N4O2S. The molecule has 150 valence electrons. The summed E-state index contributed by atoms with van der Waals surface area (Å²) in [6, 6.07) is 2.76. The first kappa shape index (κ1) is 23.9. The highest BCUT2D eigenvalue weighted by Crippen LogP contribution is 2.34. The molecule has 0 saturated carbocycles. The minimum Gasteiger partial charge on any atom is -0.330 e. The minimum atomic E-state index is -3.71. The first-order chi connectivity index (χ1) is 12.4. The predicted molar refractivity (Wildman–Crippen MR) is 110 cm³/mol. The summed E-state index contributed by atoms with van der Waals surface area (Å²) >= 11 is 17.7. The fourth-order valence-electron chi connectivity index (χ4n) is 2.19. The molecule has 0 saturated heterocycles. The maximum Gasteiger partial charge on any atom is 0.242 e. The Bertz CT molecular complexity index is 645. The molecule has 0 heterocycles. The molecule has 0 amide bonds. The van der Waals surface area contributed by atoms with Gasteiger partial charge in [-0.15, -0.1) is 0 Å². The highest BCUT2D eigenvalue weighted by Gasteiger charge is 2.20. The number of nitrogens with two attached hydrogens (primary N) is 1. The van der Waals surface area contributed by atoms with Crippen molar-refractivity contribution in [1.29, 1.82) is 0 Å². The van der Waals surface area contributed by atoms with E-state index in [1.165, 1.54) is 12.1 Å². The molecular weight excluding hydrogens is 419 g/mol. The van der Waals surface area contributed by atoms with Crippen LogP contribution in [0.5, 0.6) is 0 Å². The number of unbranched alkanes of at least 4 members (excludes halogenated alkanes) is 1. The Hall–Kier alpha value is -0.120. The number of halogens is 3. The highest BCUT2D eigenvalue weighted by atomic mass is 35.5. The van der Waals surface area contributed by atoms with Crippen LogP contribution in [0.2, 0.25) is 15.1 Å². The molecule has 0 spiro atoms. The van der Waals surface area contributed by atoms with E-state index >= 15 is 0 Å². The number of nitrogens with one attached hydrogen (secondary N) is 3. The summed E-state index contributed by atoms with van der Waals surface area (Å²) < 4.78 is 27.1. The van der Waals surface area contributed by atoms with Crippen molar-refractivity contribution in [3.63, 3.8) is 0 Å². The van der Waals surface area contributed by atoms with Crippen molar-refractivity contribution < 1.29 is 8.42 Å². The van der Waals surface area contributed by atoms with E-state index in [-0.39, 0.29) is 20.0 Å². The summed E-state index contributed by atoms with van der Waals surface area (Å²) in [5.41, 5.74) is 5.42. The third-order valence-corrected chi connectivity index (χ3v) is 6.54. The second-order valence-electron chi connectivity index (χ2n) is 5.77. The molecule has 1 aromatic carbocycles. The first-order valence-electron chi connectivity index (χ1n) is 8.65. The lowest BCUT2D eigenvalue weighted by atomic mass is 10.3. The van der Waals surface area contributed by atoms with Gasteiger partial charge in [-0.25, -0.2) is 13.1 Å². The van der Waals surface area contributed by atoms with Crippen LogP contribution in [0.3, 0.4) is 0 Å². The number of sulfonamides is 1. The quantitative estimate of drug-likeness (QED) is 0.261. The van der Waals surface area contributed by atoms with Crippen molar-refractivity contribution in [2.24, 2.45) is 5.73 Å². The number of hydrogen-bond acceptors (Lipinski definition) is 5. The molecule has 5 N–H and O–H groups in total. The van der Waals surface area contributed by atoms with E-state index in [4.69, 9.17) is 40.5 Å². The average Bonchev–Trinajstić information content (AvgIpc) is 2.60. The lowest BCUT2D eigenvalue weighted by Crippen LogP contribution is -2.28. The molecule has 0 fully saturated rings. The third kappa shape index (κ3) is 8.71. The van der Waals surface area contributed by atoms with Crippen LogP contribution in [0, 0.1) is 0 Å². The summed E-state index contributed by atoms with van der Waals surface area (Å²) in [6.07, 6.45) is 3.84. The van der Waals surface area contributed by atoms with Crippen LogP contribution in [0.4, 0.5) is 0 Å². The van der Waals surface area contributed by atoms with Crippen LogP contribution in [0.1, 0.15) is 25.7 Å². The smallest absolute Gasteiger partial charge is 0.242 e. The van der Waals surface area contributed by atoms with Crippen LogP contribution in [-0.2, 0) is 10.0 Å². The molecule has 0 bridgehead atoms. The van der Waals surface area contributed by atoms with Gasteiger partial charge in [0.15, 0.2) is 0 Å². The Morgan fingerprint density at radius 3 is 2.00 bits per heavy atom. The van der Waals surface area contributed by atoms with Gasteiger partial charge in [0.05, 0.1) is 15.1 Å². The van der Waals surface area contributed by atoms with Crippen molar-refractivity contribution in [3.8, 4) is 0 Å². The Morgan fingerprint density at radius 1 is 0.808 bits per heavy atom. The molecule has 0 aliphatic rings. The summed E-state index contributed by atoms with van der Waals surface area (Å²) in [5, 5.41) is 6.81. The molecule has 0 radical (unpaired) electrons. The monoisotopic (exact) mass is 444 g/mol. The lowest BCUT2D eigenvalue weighted by Gasteiger charge is -2.10. The van der Waals surface area contributed by atoms with Crippen LogP contribution < -0.4 is 21.1 Å². The minimum absolute atomic E-state index is 0.0374. The number of rotatable bonds is 14. The first-order valence-corrected chi connectivity index (χ1v) is 11.3. The van der Waals surface area contributed by atoms with E-state index in [0.717, 1.165) is 52.0 Å². The van der Waals surface area contributed by atoms with Crippen LogP contribution in [0.25, 0.3) is 0 Å². The fourth-order valence-corrected chi connectivity index (χ4v) is 4.24. The zero-order valence-corrected chi connectivity index (χ0v) is 17.7. The van der Waals surface area contributed by atoms with Gasteiger partial charge in [0.2, 0.25) is 10.0 Å². The van der Waals surface area contributed by atoms with E-state index in [1.54, 1.807) is 0 Å². The maximum absolute atomic E-state index is 12.3. The molecule has 26 heavy (non-hydrogen) atoms. The van der Waals surface area contributed by atoms with Gasteiger partial charge >= 0.3 is 0 Å². The average molecular weight is 446 g/mol. The van der Waals surface area contributed by atoms with Crippen LogP contribution in [0.15, 0.2) is 17.0 Å². The number of benzene rings is 1. The van der Waals surface area contributed by atoms with Gasteiger partial charge in [-0.1, -0.05) is 34.8 Å².